The van der Waals surface area contributed by atoms with E-state index in [1.807, 2.05) is 12.1 Å². The first-order chi connectivity index (χ1) is 6.90. The highest BCUT2D eigenvalue weighted by Crippen LogP contribution is 2.25. The van der Waals surface area contributed by atoms with E-state index in [1.165, 1.54) is 0 Å². The first-order valence-corrected chi connectivity index (χ1v) is 4.92. The SMILES string of the molecule is NCCCc1ccc(C2OCCO2)o1. The van der Waals surface area contributed by atoms with Crippen LogP contribution >= 0.6 is 0 Å². The van der Waals surface area contributed by atoms with Gasteiger partial charge >= 0.3 is 0 Å². The minimum atomic E-state index is -0.304. The van der Waals surface area contributed by atoms with E-state index in [1.54, 1.807) is 0 Å². The van der Waals surface area contributed by atoms with Crippen LogP contribution in [0.4, 0.5) is 0 Å². The Balaban J connectivity index is 1.94. The maximum absolute atomic E-state index is 5.56. The Labute approximate surface area is 83.0 Å². The van der Waals surface area contributed by atoms with Crippen LogP contribution in [-0.2, 0) is 15.9 Å². The fourth-order valence-corrected chi connectivity index (χ4v) is 1.45. The number of aryl methyl sites for hydroxylation is 1. The standard InChI is InChI=1S/C10H15NO3/c11-5-1-2-8-3-4-9(14-8)10-12-6-7-13-10/h3-4,10H,1-2,5-7,11H2. The van der Waals surface area contributed by atoms with Crippen molar-refractivity contribution in [1.82, 2.24) is 0 Å². The van der Waals surface area contributed by atoms with Gasteiger partial charge < -0.3 is 19.6 Å². The average Bonchev–Trinajstić information content (AvgIpc) is 2.85. The summed E-state index contributed by atoms with van der Waals surface area (Å²) in [6, 6.07) is 3.86. The molecule has 1 aromatic heterocycles. The van der Waals surface area contributed by atoms with Crippen molar-refractivity contribution in [3.63, 3.8) is 0 Å². The molecule has 0 unspecified atom stereocenters. The molecule has 78 valence electrons. The second-order valence-electron chi connectivity index (χ2n) is 3.27. The molecule has 1 saturated heterocycles. The Morgan fingerprint density at radius 1 is 1.29 bits per heavy atom. The van der Waals surface area contributed by atoms with Gasteiger partial charge in [0.05, 0.1) is 13.2 Å². The van der Waals surface area contributed by atoms with Crippen LogP contribution in [0.1, 0.15) is 24.2 Å². The van der Waals surface area contributed by atoms with Crippen molar-refractivity contribution in [2.24, 2.45) is 5.73 Å². The first-order valence-electron chi connectivity index (χ1n) is 4.92. The van der Waals surface area contributed by atoms with Crippen molar-refractivity contribution in [3.05, 3.63) is 23.7 Å². The number of rotatable bonds is 4. The molecule has 1 aliphatic heterocycles. The van der Waals surface area contributed by atoms with Crippen LogP contribution in [0.3, 0.4) is 0 Å². The second-order valence-corrected chi connectivity index (χ2v) is 3.27. The molecule has 14 heavy (non-hydrogen) atoms. The summed E-state index contributed by atoms with van der Waals surface area (Å²) in [6.07, 6.45) is 1.52. The summed E-state index contributed by atoms with van der Waals surface area (Å²) in [6.45, 7) is 1.97. The van der Waals surface area contributed by atoms with E-state index in [9.17, 15) is 0 Å². The summed E-state index contributed by atoms with van der Waals surface area (Å²) in [5.74, 6) is 1.71. The van der Waals surface area contributed by atoms with Gasteiger partial charge in [-0.1, -0.05) is 0 Å². The van der Waals surface area contributed by atoms with Crippen molar-refractivity contribution < 1.29 is 13.9 Å². The second kappa shape index (κ2) is 4.59. The molecule has 0 atom stereocenters. The van der Waals surface area contributed by atoms with Crippen molar-refractivity contribution >= 4 is 0 Å². The molecule has 1 fully saturated rings. The van der Waals surface area contributed by atoms with E-state index >= 15 is 0 Å². The van der Waals surface area contributed by atoms with Crippen molar-refractivity contribution in [1.29, 1.82) is 0 Å². The molecule has 0 saturated carbocycles. The van der Waals surface area contributed by atoms with E-state index in [-0.39, 0.29) is 6.29 Å². The molecule has 2 heterocycles. The lowest BCUT2D eigenvalue weighted by molar-refractivity contribution is -0.0594. The van der Waals surface area contributed by atoms with Crippen molar-refractivity contribution in [2.75, 3.05) is 19.8 Å². The van der Waals surface area contributed by atoms with E-state index in [4.69, 9.17) is 19.6 Å². The van der Waals surface area contributed by atoms with E-state index in [0.29, 0.717) is 19.8 Å². The molecule has 0 aliphatic carbocycles. The Hall–Kier alpha value is -0.840. The quantitative estimate of drug-likeness (QED) is 0.788. The topological polar surface area (TPSA) is 57.6 Å². The minimum Gasteiger partial charge on any atom is -0.461 e. The van der Waals surface area contributed by atoms with Gasteiger partial charge in [-0.15, -0.1) is 0 Å². The Morgan fingerprint density at radius 3 is 2.79 bits per heavy atom. The van der Waals surface area contributed by atoms with Gasteiger partial charge in [-0.25, -0.2) is 0 Å². The molecule has 1 aliphatic rings. The zero-order chi connectivity index (χ0) is 9.80. The fourth-order valence-electron chi connectivity index (χ4n) is 1.45. The first kappa shape index (κ1) is 9.71. The highest BCUT2D eigenvalue weighted by molar-refractivity contribution is 5.08. The monoisotopic (exact) mass is 197 g/mol. The lowest BCUT2D eigenvalue weighted by Gasteiger charge is -2.04. The maximum atomic E-state index is 5.56. The predicted molar refractivity (Wildman–Crippen MR) is 50.7 cm³/mol. The molecule has 2 N–H and O–H groups in total. The normalized spacial score (nSPS) is 17.8. The fraction of sp³-hybridized carbons (Fsp3) is 0.600. The molecular weight excluding hydrogens is 182 g/mol. The van der Waals surface area contributed by atoms with Gasteiger partial charge in [-0.3, -0.25) is 0 Å². The summed E-state index contributed by atoms with van der Waals surface area (Å²) in [7, 11) is 0. The Morgan fingerprint density at radius 2 is 2.07 bits per heavy atom. The Kier molecular flexibility index (Phi) is 3.18. The molecule has 4 heteroatoms. The van der Waals surface area contributed by atoms with Crippen molar-refractivity contribution in [3.8, 4) is 0 Å². The molecular formula is C10H15NO3. The van der Waals surface area contributed by atoms with Crippen LogP contribution in [0.5, 0.6) is 0 Å². The van der Waals surface area contributed by atoms with E-state index < -0.39 is 0 Å². The third-order valence-corrected chi connectivity index (χ3v) is 2.16. The zero-order valence-corrected chi connectivity index (χ0v) is 8.07. The van der Waals surface area contributed by atoms with E-state index in [2.05, 4.69) is 0 Å². The molecule has 2 rings (SSSR count). The summed E-state index contributed by atoms with van der Waals surface area (Å²) in [5, 5.41) is 0. The Bertz CT molecular complexity index is 279. The van der Waals surface area contributed by atoms with Crippen LogP contribution in [-0.4, -0.2) is 19.8 Å². The smallest absolute Gasteiger partial charge is 0.217 e. The molecule has 0 bridgehead atoms. The molecule has 0 radical (unpaired) electrons. The summed E-state index contributed by atoms with van der Waals surface area (Å²) in [5.41, 5.74) is 5.41. The van der Waals surface area contributed by atoms with Gasteiger partial charge in [0.25, 0.3) is 0 Å². The molecule has 0 aromatic carbocycles. The van der Waals surface area contributed by atoms with E-state index in [0.717, 1.165) is 24.4 Å². The third kappa shape index (κ3) is 2.15. The summed E-state index contributed by atoms with van der Waals surface area (Å²) >= 11 is 0. The van der Waals surface area contributed by atoms with Gasteiger partial charge in [0, 0.05) is 6.42 Å². The van der Waals surface area contributed by atoms with Gasteiger partial charge in [-0.05, 0) is 25.1 Å². The summed E-state index contributed by atoms with van der Waals surface area (Å²) < 4.78 is 16.2. The van der Waals surface area contributed by atoms with Gasteiger partial charge in [0.2, 0.25) is 6.29 Å². The third-order valence-electron chi connectivity index (χ3n) is 2.16. The molecule has 1 aromatic rings. The number of hydrogen-bond donors (Lipinski definition) is 1. The van der Waals surface area contributed by atoms with Crippen molar-refractivity contribution in [2.45, 2.75) is 19.1 Å². The van der Waals surface area contributed by atoms with Crippen LogP contribution < -0.4 is 5.73 Å². The van der Waals surface area contributed by atoms with Gasteiger partial charge in [-0.2, -0.15) is 0 Å². The predicted octanol–water partition coefficient (Wildman–Crippen LogP) is 1.22. The largest absolute Gasteiger partial charge is 0.461 e. The number of hydrogen-bond acceptors (Lipinski definition) is 4. The molecule has 4 nitrogen and oxygen atoms in total. The maximum Gasteiger partial charge on any atom is 0.217 e. The van der Waals surface area contributed by atoms with Crippen LogP contribution in [0.25, 0.3) is 0 Å². The number of furan rings is 1. The lowest BCUT2D eigenvalue weighted by atomic mass is 10.2. The lowest BCUT2D eigenvalue weighted by Crippen LogP contribution is -1.99. The van der Waals surface area contributed by atoms with Crippen LogP contribution in [0.15, 0.2) is 16.5 Å². The molecule has 0 amide bonds. The molecule has 0 spiro atoms. The van der Waals surface area contributed by atoms with Gasteiger partial charge in [0.1, 0.15) is 5.76 Å². The minimum absolute atomic E-state index is 0.304. The highest BCUT2D eigenvalue weighted by Gasteiger charge is 2.21. The summed E-state index contributed by atoms with van der Waals surface area (Å²) in [4.78, 5) is 0. The highest BCUT2D eigenvalue weighted by atomic mass is 16.7. The van der Waals surface area contributed by atoms with Crippen LogP contribution in [0.2, 0.25) is 0 Å². The zero-order valence-electron chi connectivity index (χ0n) is 8.07. The van der Waals surface area contributed by atoms with Crippen LogP contribution in [0, 0.1) is 0 Å². The number of ether oxygens (including phenoxy) is 2. The average molecular weight is 197 g/mol. The van der Waals surface area contributed by atoms with Gasteiger partial charge in [0.15, 0.2) is 5.76 Å². The number of nitrogens with two attached hydrogens (primary N) is 1.